The minimum absolute atomic E-state index is 0.594. The molecule has 0 unspecified atom stereocenters. The number of aromatic nitrogens is 3. The Hall–Kier alpha value is -3.09. The van der Waals surface area contributed by atoms with Crippen LogP contribution in [-0.2, 0) is 6.54 Å². The second-order valence-electron chi connectivity index (χ2n) is 8.55. The number of nitrogens with zero attached hydrogens (tertiary/aromatic N) is 5. The normalized spacial score (nSPS) is 15.1. The van der Waals surface area contributed by atoms with Crippen molar-refractivity contribution >= 4 is 22.9 Å². The maximum Gasteiger partial charge on any atom is 0.139 e. The standard InChI is InChI=1S/C26H28ClN5O/c1-19-14-25(33-2)23(27)16-22(19)24-18-32-11-6-21(15-26(32)29-24)31-10-3-9-30(12-13-31)17-20-4-7-28-8-5-20/h4-8,11,14-16,18H,3,9-10,12-13,17H2,1-2H3. The second-order valence-corrected chi connectivity index (χ2v) is 8.96. The first-order chi connectivity index (χ1) is 16.1. The number of anilines is 1. The van der Waals surface area contributed by atoms with Gasteiger partial charge in [0.15, 0.2) is 0 Å². The molecular weight excluding hydrogens is 434 g/mol. The van der Waals surface area contributed by atoms with Crippen LogP contribution in [0.3, 0.4) is 0 Å². The first kappa shape index (κ1) is 21.7. The number of pyridine rings is 2. The van der Waals surface area contributed by atoms with Gasteiger partial charge in [0, 0.05) is 74.8 Å². The summed E-state index contributed by atoms with van der Waals surface area (Å²) in [6.07, 6.45) is 9.04. The van der Waals surface area contributed by atoms with Crippen LogP contribution in [0.15, 0.2) is 61.2 Å². The van der Waals surface area contributed by atoms with E-state index in [2.05, 4.69) is 62.8 Å². The van der Waals surface area contributed by atoms with Gasteiger partial charge >= 0.3 is 0 Å². The second kappa shape index (κ2) is 9.41. The zero-order valence-corrected chi connectivity index (χ0v) is 19.8. The van der Waals surface area contributed by atoms with Gasteiger partial charge in [-0.05, 0) is 54.8 Å². The van der Waals surface area contributed by atoms with E-state index in [1.54, 1.807) is 7.11 Å². The Bertz CT molecular complexity index is 1260. The fourth-order valence-electron chi connectivity index (χ4n) is 4.52. The Morgan fingerprint density at radius 2 is 1.88 bits per heavy atom. The van der Waals surface area contributed by atoms with Gasteiger partial charge in [0.2, 0.25) is 0 Å². The number of hydrogen-bond donors (Lipinski definition) is 0. The molecule has 1 fully saturated rings. The highest BCUT2D eigenvalue weighted by Gasteiger charge is 2.17. The fraction of sp³-hybridized carbons (Fsp3) is 0.308. The summed E-state index contributed by atoms with van der Waals surface area (Å²) in [5.74, 6) is 0.683. The number of imidazole rings is 1. The number of fused-ring (bicyclic) bond motifs is 1. The lowest BCUT2D eigenvalue weighted by Gasteiger charge is -2.23. The van der Waals surface area contributed by atoms with E-state index in [0.717, 1.165) is 61.6 Å². The highest BCUT2D eigenvalue weighted by Crippen LogP contribution is 2.33. The molecule has 170 valence electrons. The molecule has 0 amide bonds. The van der Waals surface area contributed by atoms with Crippen LogP contribution in [0.4, 0.5) is 5.69 Å². The van der Waals surface area contributed by atoms with E-state index < -0.39 is 0 Å². The highest BCUT2D eigenvalue weighted by molar-refractivity contribution is 6.32. The van der Waals surface area contributed by atoms with Crippen molar-refractivity contribution in [3.63, 3.8) is 0 Å². The van der Waals surface area contributed by atoms with Gasteiger partial charge in [-0.2, -0.15) is 0 Å². The van der Waals surface area contributed by atoms with E-state index in [-0.39, 0.29) is 0 Å². The van der Waals surface area contributed by atoms with Crippen molar-refractivity contribution in [3.05, 3.63) is 77.3 Å². The lowest BCUT2D eigenvalue weighted by molar-refractivity contribution is 0.285. The number of hydrogen-bond acceptors (Lipinski definition) is 5. The average Bonchev–Trinajstić information content (AvgIpc) is 3.12. The topological polar surface area (TPSA) is 45.9 Å². The summed E-state index contributed by atoms with van der Waals surface area (Å²) < 4.78 is 7.41. The molecular formula is C26H28ClN5O. The molecule has 7 heteroatoms. The molecule has 1 aliphatic rings. The van der Waals surface area contributed by atoms with Crippen LogP contribution in [0.5, 0.6) is 5.75 Å². The smallest absolute Gasteiger partial charge is 0.139 e. The van der Waals surface area contributed by atoms with Crippen LogP contribution in [-0.4, -0.2) is 52.6 Å². The summed E-state index contributed by atoms with van der Waals surface area (Å²) in [7, 11) is 1.63. The molecule has 0 bridgehead atoms. The highest BCUT2D eigenvalue weighted by atomic mass is 35.5. The van der Waals surface area contributed by atoms with Crippen LogP contribution in [0, 0.1) is 6.92 Å². The molecule has 0 N–H and O–H groups in total. The number of aryl methyl sites for hydroxylation is 1. The molecule has 0 saturated carbocycles. The Balaban J connectivity index is 1.34. The minimum atomic E-state index is 0.594. The van der Waals surface area contributed by atoms with Gasteiger partial charge in [0.25, 0.3) is 0 Å². The van der Waals surface area contributed by atoms with Gasteiger partial charge in [-0.3, -0.25) is 9.88 Å². The van der Waals surface area contributed by atoms with Crippen molar-refractivity contribution in [1.82, 2.24) is 19.3 Å². The van der Waals surface area contributed by atoms with Gasteiger partial charge in [-0.15, -0.1) is 0 Å². The van der Waals surface area contributed by atoms with Gasteiger partial charge in [-0.1, -0.05) is 11.6 Å². The zero-order valence-electron chi connectivity index (χ0n) is 19.0. The van der Waals surface area contributed by atoms with Crippen molar-refractivity contribution in [2.75, 3.05) is 38.2 Å². The van der Waals surface area contributed by atoms with Gasteiger partial charge < -0.3 is 14.0 Å². The maximum atomic E-state index is 6.38. The van der Waals surface area contributed by atoms with Crippen LogP contribution >= 0.6 is 11.6 Å². The molecule has 4 heterocycles. The molecule has 6 nitrogen and oxygen atoms in total. The zero-order chi connectivity index (χ0) is 22.8. The molecule has 0 radical (unpaired) electrons. The van der Waals surface area contributed by atoms with Crippen LogP contribution < -0.4 is 9.64 Å². The van der Waals surface area contributed by atoms with Gasteiger partial charge in [0.1, 0.15) is 11.4 Å². The lowest BCUT2D eigenvalue weighted by Crippen LogP contribution is -2.30. The summed E-state index contributed by atoms with van der Waals surface area (Å²) >= 11 is 6.38. The SMILES string of the molecule is COc1cc(C)c(-c2cn3ccc(N4CCCN(Cc5ccncc5)CC4)cc3n2)cc1Cl. The van der Waals surface area contributed by atoms with Crippen LogP contribution in [0.2, 0.25) is 5.02 Å². The summed E-state index contributed by atoms with van der Waals surface area (Å²) in [6.45, 7) is 7.22. The third-order valence-electron chi connectivity index (χ3n) is 6.33. The fourth-order valence-corrected chi connectivity index (χ4v) is 4.76. The van der Waals surface area contributed by atoms with Crippen molar-refractivity contribution in [2.45, 2.75) is 19.9 Å². The Morgan fingerprint density at radius 3 is 2.70 bits per heavy atom. The number of ether oxygens (including phenoxy) is 1. The summed E-state index contributed by atoms with van der Waals surface area (Å²) in [4.78, 5) is 14.0. The predicted molar refractivity (Wildman–Crippen MR) is 133 cm³/mol. The lowest BCUT2D eigenvalue weighted by atomic mass is 10.1. The summed E-state index contributed by atoms with van der Waals surface area (Å²) in [5, 5.41) is 0.594. The minimum Gasteiger partial charge on any atom is -0.495 e. The monoisotopic (exact) mass is 461 g/mol. The Morgan fingerprint density at radius 1 is 1.03 bits per heavy atom. The first-order valence-corrected chi connectivity index (χ1v) is 11.7. The maximum absolute atomic E-state index is 6.38. The van der Waals surface area contributed by atoms with Crippen molar-refractivity contribution < 1.29 is 4.74 Å². The third-order valence-corrected chi connectivity index (χ3v) is 6.62. The Labute approximate surface area is 199 Å². The quantitative estimate of drug-likeness (QED) is 0.414. The first-order valence-electron chi connectivity index (χ1n) is 11.3. The van der Waals surface area contributed by atoms with E-state index >= 15 is 0 Å². The van der Waals surface area contributed by atoms with Crippen molar-refractivity contribution in [3.8, 4) is 17.0 Å². The van der Waals surface area contributed by atoms with E-state index in [1.807, 2.05) is 24.5 Å². The third kappa shape index (κ3) is 4.68. The van der Waals surface area contributed by atoms with Crippen LogP contribution in [0.1, 0.15) is 17.5 Å². The average molecular weight is 462 g/mol. The molecule has 33 heavy (non-hydrogen) atoms. The number of benzene rings is 1. The van der Waals surface area contributed by atoms with Crippen LogP contribution in [0.25, 0.3) is 16.9 Å². The van der Waals surface area contributed by atoms with E-state index in [4.69, 9.17) is 21.3 Å². The molecule has 3 aromatic heterocycles. The molecule has 1 aromatic carbocycles. The molecule has 1 aliphatic heterocycles. The largest absolute Gasteiger partial charge is 0.495 e. The van der Waals surface area contributed by atoms with Gasteiger partial charge in [-0.25, -0.2) is 4.98 Å². The number of halogens is 1. The van der Waals surface area contributed by atoms with E-state index in [1.165, 1.54) is 11.3 Å². The summed E-state index contributed by atoms with van der Waals surface area (Å²) in [6, 6.07) is 12.5. The molecule has 0 spiro atoms. The molecule has 0 atom stereocenters. The molecule has 5 rings (SSSR count). The van der Waals surface area contributed by atoms with Crippen molar-refractivity contribution in [2.24, 2.45) is 0 Å². The molecule has 0 aliphatic carbocycles. The van der Waals surface area contributed by atoms with E-state index in [0.29, 0.717) is 10.8 Å². The molecule has 4 aromatic rings. The van der Waals surface area contributed by atoms with Gasteiger partial charge in [0.05, 0.1) is 17.8 Å². The predicted octanol–water partition coefficient (Wildman–Crippen LogP) is 5.08. The van der Waals surface area contributed by atoms with E-state index in [9.17, 15) is 0 Å². The number of methoxy groups -OCH3 is 1. The van der Waals surface area contributed by atoms with Crippen molar-refractivity contribution in [1.29, 1.82) is 0 Å². The Kier molecular flexibility index (Phi) is 6.20. The molecule has 1 saturated heterocycles. The number of rotatable bonds is 5. The summed E-state index contributed by atoms with van der Waals surface area (Å²) in [5.41, 5.74) is 6.49.